The molecule has 2 nitrogen and oxygen atoms in total. The molecule has 0 unspecified atom stereocenters. The van der Waals surface area contributed by atoms with E-state index in [2.05, 4.69) is 0 Å². The Morgan fingerprint density at radius 1 is 1.06 bits per heavy atom. The third-order valence-electron chi connectivity index (χ3n) is 2.78. The highest BCUT2D eigenvalue weighted by molar-refractivity contribution is 5.75. The van der Waals surface area contributed by atoms with Crippen molar-refractivity contribution in [1.82, 2.24) is 0 Å². The zero-order valence-electron chi connectivity index (χ0n) is 10.0. The van der Waals surface area contributed by atoms with Crippen molar-refractivity contribution in [3.63, 3.8) is 0 Å². The molecule has 18 heavy (non-hydrogen) atoms. The molecule has 2 rings (SSSR count). The molecule has 0 aromatic heterocycles. The molecule has 0 fully saturated rings. The van der Waals surface area contributed by atoms with Gasteiger partial charge in [-0.15, -0.1) is 0 Å². The predicted molar refractivity (Wildman–Crippen MR) is 69.9 cm³/mol. The van der Waals surface area contributed by atoms with Crippen molar-refractivity contribution < 1.29 is 8.78 Å². The molecule has 0 aliphatic heterocycles. The van der Waals surface area contributed by atoms with Gasteiger partial charge in [0.15, 0.2) is 0 Å². The average molecular weight is 248 g/mol. The number of anilines is 3. The second-order valence-electron chi connectivity index (χ2n) is 3.89. The lowest BCUT2D eigenvalue weighted by atomic mass is 10.2. The van der Waals surface area contributed by atoms with Crippen molar-refractivity contribution in [1.29, 1.82) is 0 Å². The quantitative estimate of drug-likeness (QED) is 0.839. The Labute approximate surface area is 105 Å². The monoisotopic (exact) mass is 248 g/mol. The molecule has 0 saturated heterocycles. The summed E-state index contributed by atoms with van der Waals surface area (Å²) in [5.74, 6) is -0.755. The van der Waals surface area contributed by atoms with Gasteiger partial charge in [0.05, 0.1) is 11.4 Å². The number of hydrogen-bond donors (Lipinski definition) is 1. The molecule has 0 bridgehead atoms. The van der Waals surface area contributed by atoms with Crippen molar-refractivity contribution in [3.05, 3.63) is 54.1 Å². The molecule has 94 valence electrons. The number of nitrogens with two attached hydrogens (primary N) is 1. The van der Waals surface area contributed by atoms with Gasteiger partial charge in [-0.1, -0.05) is 6.07 Å². The fourth-order valence-corrected chi connectivity index (χ4v) is 1.87. The summed E-state index contributed by atoms with van der Waals surface area (Å²) in [6.45, 7) is 2.53. The molecule has 2 N–H and O–H groups in total. The SMILES string of the molecule is CCN(c1ccc(F)cc1)c1cccc(F)c1N. The number of para-hydroxylation sites is 1. The van der Waals surface area contributed by atoms with Gasteiger partial charge in [0.25, 0.3) is 0 Å². The summed E-state index contributed by atoms with van der Waals surface area (Å²) in [5.41, 5.74) is 7.20. The van der Waals surface area contributed by atoms with E-state index >= 15 is 0 Å². The summed E-state index contributed by atoms with van der Waals surface area (Å²) in [4.78, 5) is 1.83. The molecule has 0 aliphatic rings. The van der Waals surface area contributed by atoms with E-state index in [0.717, 1.165) is 5.69 Å². The van der Waals surface area contributed by atoms with Crippen LogP contribution in [0.2, 0.25) is 0 Å². The molecule has 0 amide bonds. The third-order valence-corrected chi connectivity index (χ3v) is 2.78. The Bertz CT molecular complexity index is 538. The normalized spacial score (nSPS) is 10.4. The van der Waals surface area contributed by atoms with Gasteiger partial charge < -0.3 is 10.6 Å². The van der Waals surface area contributed by atoms with Gasteiger partial charge in [-0.2, -0.15) is 0 Å². The maximum Gasteiger partial charge on any atom is 0.148 e. The first-order valence-corrected chi connectivity index (χ1v) is 5.70. The van der Waals surface area contributed by atoms with E-state index in [9.17, 15) is 8.78 Å². The van der Waals surface area contributed by atoms with Crippen molar-refractivity contribution in [3.8, 4) is 0 Å². The van der Waals surface area contributed by atoms with Gasteiger partial charge in [0, 0.05) is 12.2 Å². The molecule has 4 heteroatoms. The Hall–Kier alpha value is -2.10. The Morgan fingerprint density at radius 3 is 2.33 bits per heavy atom. The lowest BCUT2D eigenvalue weighted by molar-refractivity contribution is 0.627. The van der Waals surface area contributed by atoms with Gasteiger partial charge in [0.2, 0.25) is 0 Å². The van der Waals surface area contributed by atoms with E-state index < -0.39 is 5.82 Å². The maximum absolute atomic E-state index is 13.4. The van der Waals surface area contributed by atoms with Crippen molar-refractivity contribution >= 4 is 17.1 Å². The molecule has 0 saturated carbocycles. The van der Waals surface area contributed by atoms with E-state index in [4.69, 9.17) is 5.73 Å². The molecule has 0 heterocycles. The van der Waals surface area contributed by atoms with Crippen LogP contribution in [0, 0.1) is 11.6 Å². The fourth-order valence-electron chi connectivity index (χ4n) is 1.87. The minimum atomic E-state index is -0.451. The summed E-state index contributed by atoms with van der Waals surface area (Å²) in [7, 11) is 0. The van der Waals surface area contributed by atoms with E-state index in [-0.39, 0.29) is 11.5 Å². The van der Waals surface area contributed by atoms with E-state index in [0.29, 0.717) is 12.2 Å². The maximum atomic E-state index is 13.4. The van der Waals surface area contributed by atoms with E-state index in [1.165, 1.54) is 18.2 Å². The lowest BCUT2D eigenvalue weighted by Gasteiger charge is -2.24. The number of benzene rings is 2. The van der Waals surface area contributed by atoms with Crippen LogP contribution in [-0.2, 0) is 0 Å². The number of rotatable bonds is 3. The van der Waals surface area contributed by atoms with Crippen LogP contribution in [0.5, 0.6) is 0 Å². The molecule has 0 atom stereocenters. The van der Waals surface area contributed by atoms with E-state index in [1.807, 2.05) is 11.8 Å². The fraction of sp³-hybridized carbons (Fsp3) is 0.143. The zero-order chi connectivity index (χ0) is 13.1. The van der Waals surface area contributed by atoms with Crippen LogP contribution in [0.25, 0.3) is 0 Å². The van der Waals surface area contributed by atoms with Crippen LogP contribution >= 0.6 is 0 Å². The smallest absolute Gasteiger partial charge is 0.148 e. The van der Waals surface area contributed by atoms with Crippen LogP contribution in [-0.4, -0.2) is 6.54 Å². The number of nitrogens with zero attached hydrogens (tertiary/aromatic N) is 1. The highest BCUT2D eigenvalue weighted by atomic mass is 19.1. The first-order chi connectivity index (χ1) is 8.63. The molecule has 2 aromatic rings. The average Bonchev–Trinajstić information content (AvgIpc) is 2.37. The third kappa shape index (κ3) is 2.27. The van der Waals surface area contributed by atoms with Gasteiger partial charge in [-0.3, -0.25) is 0 Å². The van der Waals surface area contributed by atoms with E-state index in [1.54, 1.807) is 24.3 Å². The van der Waals surface area contributed by atoms with Crippen LogP contribution in [0.15, 0.2) is 42.5 Å². The van der Waals surface area contributed by atoms with Crippen molar-refractivity contribution in [2.75, 3.05) is 17.2 Å². The first kappa shape index (κ1) is 12.4. The predicted octanol–water partition coefficient (Wildman–Crippen LogP) is 3.71. The summed E-state index contributed by atoms with van der Waals surface area (Å²) in [6, 6.07) is 10.7. The summed E-state index contributed by atoms with van der Waals surface area (Å²) < 4.78 is 26.3. The molecule has 2 aromatic carbocycles. The summed E-state index contributed by atoms with van der Waals surface area (Å²) in [5, 5.41) is 0. The Morgan fingerprint density at radius 2 is 1.72 bits per heavy atom. The molecule has 0 aliphatic carbocycles. The van der Waals surface area contributed by atoms with Crippen LogP contribution < -0.4 is 10.6 Å². The number of hydrogen-bond acceptors (Lipinski definition) is 2. The largest absolute Gasteiger partial charge is 0.395 e. The van der Waals surface area contributed by atoms with Gasteiger partial charge >= 0.3 is 0 Å². The topological polar surface area (TPSA) is 29.3 Å². The van der Waals surface area contributed by atoms with Gasteiger partial charge in [-0.25, -0.2) is 8.78 Å². The summed E-state index contributed by atoms with van der Waals surface area (Å²) in [6.07, 6.45) is 0. The van der Waals surface area contributed by atoms with Crippen molar-refractivity contribution in [2.45, 2.75) is 6.92 Å². The number of halogens is 2. The standard InChI is InChI=1S/C14H14F2N2/c1-2-18(11-8-6-10(15)7-9-11)13-5-3-4-12(16)14(13)17/h3-9H,2,17H2,1H3. The highest BCUT2D eigenvalue weighted by Gasteiger charge is 2.12. The van der Waals surface area contributed by atoms with Gasteiger partial charge in [-0.05, 0) is 43.3 Å². The molecular weight excluding hydrogens is 234 g/mol. The Kier molecular flexibility index (Phi) is 3.46. The minimum Gasteiger partial charge on any atom is -0.395 e. The van der Waals surface area contributed by atoms with Crippen LogP contribution in [0.1, 0.15) is 6.92 Å². The Balaban J connectivity index is 2.45. The molecule has 0 radical (unpaired) electrons. The minimum absolute atomic E-state index is 0.101. The zero-order valence-corrected chi connectivity index (χ0v) is 10.0. The molecular formula is C14H14F2N2. The second kappa shape index (κ2) is 5.04. The van der Waals surface area contributed by atoms with Crippen LogP contribution in [0.3, 0.4) is 0 Å². The number of nitrogen functional groups attached to an aromatic ring is 1. The highest BCUT2D eigenvalue weighted by Crippen LogP contribution is 2.31. The summed E-state index contributed by atoms with van der Waals surface area (Å²) >= 11 is 0. The first-order valence-electron chi connectivity index (χ1n) is 5.70. The van der Waals surface area contributed by atoms with Crippen LogP contribution in [0.4, 0.5) is 25.8 Å². The molecule has 0 spiro atoms. The second-order valence-corrected chi connectivity index (χ2v) is 3.89. The lowest BCUT2D eigenvalue weighted by Crippen LogP contribution is -2.18. The van der Waals surface area contributed by atoms with Crippen molar-refractivity contribution in [2.24, 2.45) is 0 Å². The van der Waals surface area contributed by atoms with Gasteiger partial charge in [0.1, 0.15) is 11.6 Å².